The minimum absolute atomic E-state index is 0.103. The molecule has 0 atom stereocenters. The number of sulfonamides is 1. The van der Waals surface area contributed by atoms with Gasteiger partial charge in [-0.3, -0.25) is 4.31 Å². The third-order valence-corrected chi connectivity index (χ3v) is 5.26. The molecule has 0 fully saturated rings. The van der Waals surface area contributed by atoms with E-state index >= 15 is 0 Å². The van der Waals surface area contributed by atoms with Crippen LogP contribution in [0.3, 0.4) is 0 Å². The molecule has 0 bridgehead atoms. The third-order valence-electron chi connectivity index (χ3n) is 3.50. The molecule has 0 amide bonds. The molecule has 2 rings (SSSR count). The minimum Gasteiger partial charge on any atom is -0.363 e. The molecule has 0 aliphatic heterocycles. The van der Waals surface area contributed by atoms with E-state index in [1.54, 1.807) is 11.0 Å². The van der Waals surface area contributed by atoms with Crippen molar-refractivity contribution in [1.29, 1.82) is 0 Å². The molecule has 0 unspecified atom stereocenters. The zero-order chi connectivity index (χ0) is 18.8. The maximum Gasteiger partial charge on any atom is 0.265 e. The fraction of sp³-hybridized carbons (Fsp3) is 0.389. The van der Waals surface area contributed by atoms with Crippen LogP contribution in [0.25, 0.3) is 0 Å². The molecule has 7 heteroatoms. The Hall–Kier alpha value is -2.15. The van der Waals surface area contributed by atoms with E-state index < -0.39 is 15.8 Å². The average Bonchev–Trinajstić information content (AvgIpc) is 2.53. The van der Waals surface area contributed by atoms with Gasteiger partial charge in [-0.2, -0.15) is 0 Å². The SMILES string of the molecule is CN(C)c1ccc(S(=O)(=O)N(CC(C)(C)C)c2ccc(F)cc2)cn1. The smallest absolute Gasteiger partial charge is 0.265 e. The van der Waals surface area contributed by atoms with Crippen molar-refractivity contribution in [3.05, 3.63) is 48.4 Å². The number of halogens is 1. The van der Waals surface area contributed by atoms with Gasteiger partial charge in [0.15, 0.2) is 0 Å². The van der Waals surface area contributed by atoms with Crippen LogP contribution >= 0.6 is 0 Å². The monoisotopic (exact) mass is 365 g/mol. The first-order valence-electron chi connectivity index (χ1n) is 7.92. The Morgan fingerprint density at radius 2 is 1.64 bits per heavy atom. The molecule has 0 saturated carbocycles. The molecule has 0 spiro atoms. The standard InChI is InChI=1S/C18H24FN3O2S/c1-18(2,3)13-22(15-8-6-14(19)7-9-15)25(23,24)16-10-11-17(20-12-16)21(4)5/h6-12H,13H2,1-5H3. The van der Waals surface area contributed by atoms with E-state index in [4.69, 9.17) is 0 Å². The van der Waals surface area contributed by atoms with Crippen LogP contribution in [0, 0.1) is 11.2 Å². The molecular weight excluding hydrogens is 341 g/mol. The lowest BCUT2D eigenvalue weighted by molar-refractivity contribution is 0.426. The second-order valence-electron chi connectivity index (χ2n) is 7.30. The first kappa shape index (κ1) is 19.2. The predicted octanol–water partition coefficient (Wildman–Crippen LogP) is 3.53. The molecule has 5 nitrogen and oxygen atoms in total. The van der Waals surface area contributed by atoms with Crippen molar-refractivity contribution >= 4 is 21.5 Å². The zero-order valence-electron chi connectivity index (χ0n) is 15.2. The lowest BCUT2D eigenvalue weighted by Crippen LogP contribution is -2.38. The summed E-state index contributed by atoms with van der Waals surface area (Å²) in [5, 5.41) is 0. The lowest BCUT2D eigenvalue weighted by Gasteiger charge is -2.31. The average molecular weight is 365 g/mol. The van der Waals surface area contributed by atoms with Crippen molar-refractivity contribution in [3.8, 4) is 0 Å². The van der Waals surface area contributed by atoms with Crippen LogP contribution in [0.4, 0.5) is 15.9 Å². The quantitative estimate of drug-likeness (QED) is 0.813. The van der Waals surface area contributed by atoms with E-state index in [1.807, 2.05) is 34.9 Å². The van der Waals surface area contributed by atoms with Crippen molar-refractivity contribution in [2.45, 2.75) is 25.7 Å². The van der Waals surface area contributed by atoms with E-state index in [-0.39, 0.29) is 16.9 Å². The molecule has 1 heterocycles. The van der Waals surface area contributed by atoms with E-state index in [0.717, 1.165) is 0 Å². The molecule has 0 aliphatic rings. The van der Waals surface area contributed by atoms with Gasteiger partial charge >= 0.3 is 0 Å². The Morgan fingerprint density at radius 1 is 1.04 bits per heavy atom. The highest BCUT2D eigenvalue weighted by molar-refractivity contribution is 7.92. The second kappa shape index (κ2) is 7.00. The summed E-state index contributed by atoms with van der Waals surface area (Å²) in [6.45, 7) is 6.11. The highest BCUT2D eigenvalue weighted by atomic mass is 32.2. The summed E-state index contributed by atoms with van der Waals surface area (Å²) in [5.41, 5.74) is 0.145. The van der Waals surface area contributed by atoms with Crippen molar-refractivity contribution in [1.82, 2.24) is 4.98 Å². The summed E-state index contributed by atoms with van der Waals surface area (Å²) in [7, 11) is -0.144. The van der Waals surface area contributed by atoms with Gasteiger partial charge in [-0.1, -0.05) is 20.8 Å². The molecule has 136 valence electrons. The van der Waals surface area contributed by atoms with Crippen molar-refractivity contribution in [2.75, 3.05) is 29.8 Å². The summed E-state index contributed by atoms with van der Waals surface area (Å²) < 4.78 is 40.9. The van der Waals surface area contributed by atoms with Gasteiger partial charge in [-0.25, -0.2) is 17.8 Å². The van der Waals surface area contributed by atoms with Crippen molar-refractivity contribution in [3.63, 3.8) is 0 Å². The molecule has 25 heavy (non-hydrogen) atoms. The molecule has 0 N–H and O–H groups in total. The number of anilines is 2. The Kier molecular flexibility index (Phi) is 5.37. The number of pyridine rings is 1. The molecule has 0 radical (unpaired) electrons. The number of hydrogen-bond donors (Lipinski definition) is 0. The second-order valence-corrected chi connectivity index (χ2v) is 9.16. The number of nitrogens with zero attached hydrogens (tertiary/aromatic N) is 3. The van der Waals surface area contributed by atoms with Gasteiger partial charge in [0.1, 0.15) is 16.5 Å². The molecule has 0 aliphatic carbocycles. The lowest BCUT2D eigenvalue weighted by atomic mass is 9.97. The predicted molar refractivity (Wildman–Crippen MR) is 99.0 cm³/mol. The Balaban J connectivity index is 2.49. The third kappa shape index (κ3) is 4.69. The van der Waals surface area contributed by atoms with Crippen LogP contribution in [-0.2, 0) is 10.0 Å². The minimum atomic E-state index is -3.81. The summed E-state index contributed by atoms with van der Waals surface area (Å²) >= 11 is 0. The highest BCUT2D eigenvalue weighted by Gasteiger charge is 2.29. The van der Waals surface area contributed by atoms with Crippen LogP contribution in [0.2, 0.25) is 0 Å². The van der Waals surface area contributed by atoms with Crippen LogP contribution in [0.1, 0.15) is 20.8 Å². The van der Waals surface area contributed by atoms with Gasteiger partial charge in [0.2, 0.25) is 0 Å². The molecule has 2 aromatic rings. The highest BCUT2D eigenvalue weighted by Crippen LogP contribution is 2.28. The Bertz CT molecular complexity index is 811. The van der Waals surface area contributed by atoms with Gasteiger partial charge in [-0.05, 0) is 41.8 Å². The van der Waals surface area contributed by atoms with E-state index in [1.165, 1.54) is 40.8 Å². The van der Waals surface area contributed by atoms with Gasteiger partial charge in [0, 0.05) is 26.8 Å². The van der Waals surface area contributed by atoms with Crippen LogP contribution < -0.4 is 9.21 Å². The fourth-order valence-corrected chi connectivity index (χ4v) is 3.91. The first-order chi connectivity index (χ1) is 11.5. The number of benzene rings is 1. The van der Waals surface area contributed by atoms with Crippen molar-refractivity contribution in [2.24, 2.45) is 5.41 Å². The van der Waals surface area contributed by atoms with Gasteiger partial charge < -0.3 is 4.90 Å². The summed E-state index contributed by atoms with van der Waals surface area (Å²) in [4.78, 5) is 6.09. The van der Waals surface area contributed by atoms with Gasteiger partial charge in [-0.15, -0.1) is 0 Å². The zero-order valence-corrected chi connectivity index (χ0v) is 16.0. The Labute approximate surface area is 149 Å². The number of rotatable bonds is 5. The van der Waals surface area contributed by atoms with E-state index in [0.29, 0.717) is 11.5 Å². The Morgan fingerprint density at radius 3 is 2.08 bits per heavy atom. The maximum atomic E-state index is 13.2. The summed E-state index contributed by atoms with van der Waals surface area (Å²) in [6.07, 6.45) is 1.35. The van der Waals surface area contributed by atoms with E-state index in [2.05, 4.69) is 4.98 Å². The largest absolute Gasteiger partial charge is 0.363 e. The van der Waals surface area contributed by atoms with Gasteiger partial charge in [0.25, 0.3) is 10.0 Å². The summed E-state index contributed by atoms with van der Waals surface area (Å²) in [6, 6.07) is 8.66. The van der Waals surface area contributed by atoms with E-state index in [9.17, 15) is 12.8 Å². The van der Waals surface area contributed by atoms with Crippen molar-refractivity contribution < 1.29 is 12.8 Å². The molecule has 1 aromatic carbocycles. The summed E-state index contributed by atoms with van der Waals surface area (Å²) in [5.74, 6) is 0.261. The topological polar surface area (TPSA) is 53.5 Å². The molecule has 0 saturated heterocycles. The van der Waals surface area contributed by atoms with Crippen LogP contribution in [0.5, 0.6) is 0 Å². The number of hydrogen-bond acceptors (Lipinski definition) is 4. The normalized spacial score (nSPS) is 12.1. The number of aromatic nitrogens is 1. The molecule has 1 aromatic heterocycles. The fourth-order valence-electron chi connectivity index (χ4n) is 2.27. The van der Waals surface area contributed by atoms with Gasteiger partial charge in [0.05, 0.1) is 5.69 Å². The molecular formula is C18H24FN3O2S. The maximum absolute atomic E-state index is 13.2. The first-order valence-corrected chi connectivity index (χ1v) is 9.36. The van der Waals surface area contributed by atoms with Crippen LogP contribution in [0.15, 0.2) is 47.5 Å². The van der Waals surface area contributed by atoms with Crippen LogP contribution in [-0.4, -0.2) is 34.0 Å².